The van der Waals surface area contributed by atoms with E-state index in [0.29, 0.717) is 11.0 Å². The molecule has 2 aromatic carbocycles. The second-order valence-electron chi connectivity index (χ2n) is 4.69. The third-order valence-corrected chi connectivity index (χ3v) is 3.28. The van der Waals surface area contributed by atoms with Crippen molar-refractivity contribution in [2.24, 2.45) is 0 Å². The molecule has 0 amide bonds. The molecule has 1 atom stereocenters. The van der Waals surface area contributed by atoms with E-state index in [4.69, 9.17) is 0 Å². The minimum absolute atomic E-state index is 0.0779. The molecule has 0 radical (unpaired) electrons. The number of H-pyrrole nitrogens is 1. The van der Waals surface area contributed by atoms with E-state index in [1.807, 2.05) is 6.07 Å². The third kappa shape index (κ3) is 2.33. The number of imidazole rings is 1. The van der Waals surface area contributed by atoms with Gasteiger partial charge in [0.2, 0.25) is 0 Å². The highest BCUT2D eigenvalue weighted by Gasteiger charge is 2.25. The average Bonchev–Trinajstić information content (AvgIpc) is 2.94. The molecular formula is C16H9F2N3O. The number of benzene rings is 2. The highest BCUT2D eigenvalue weighted by molar-refractivity contribution is 6.02. The number of carbonyl (C=O) groups is 1. The van der Waals surface area contributed by atoms with Crippen molar-refractivity contribution < 1.29 is 13.6 Å². The Morgan fingerprint density at radius 3 is 2.64 bits per heavy atom. The van der Waals surface area contributed by atoms with Crippen LogP contribution in [0.4, 0.5) is 8.78 Å². The van der Waals surface area contributed by atoms with Gasteiger partial charge in [-0.3, -0.25) is 4.79 Å². The highest BCUT2D eigenvalue weighted by atomic mass is 19.2. The molecule has 0 aliphatic carbocycles. The predicted molar refractivity (Wildman–Crippen MR) is 75.1 cm³/mol. The van der Waals surface area contributed by atoms with E-state index in [0.717, 1.165) is 18.2 Å². The zero-order chi connectivity index (χ0) is 15.7. The van der Waals surface area contributed by atoms with Crippen molar-refractivity contribution in [2.75, 3.05) is 0 Å². The van der Waals surface area contributed by atoms with Crippen LogP contribution < -0.4 is 0 Å². The van der Waals surface area contributed by atoms with Gasteiger partial charge in [0.15, 0.2) is 23.3 Å². The molecule has 0 unspecified atom stereocenters. The number of aromatic nitrogens is 2. The molecule has 1 N–H and O–H groups in total. The first-order valence-electron chi connectivity index (χ1n) is 6.43. The van der Waals surface area contributed by atoms with E-state index in [1.165, 1.54) is 0 Å². The minimum atomic E-state index is -1.21. The molecule has 0 aliphatic rings. The smallest absolute Gasteiger partial charge is 0.187 e. The van der Waals surface area contributed by atoms with Crippen LogP contribution in [0.15, 0.2) is 42.5 Å². The van der Waals surface area contributed by atoms with Crippen molar-refractivity contribution in [3.63, 3.8) is 0 Å². The average molecular weight is 297 g/mol. The van der Waals surface area contributed by atoms with E-state index < -0.39 is 23.3 Å². The van der Waals surface area contributed by atoms with Gasteiger partial charge in [0.25, 0.3) is 0 Å². The number of ketones is 1. The van der Waals surface area contributed by atoms with Crippen molar-refractivity contribution in [3.05, 3.63) is 65.5 Å². The fourth-order valence-corrected chi connectivity index (χ4v) is 2.17. The predicted octanol–water partition coefficient (Wildman–Crippen LogP) is 3.33. The molecule has 0 aliphatic heterocycles. The van der Waals surface area contributed by atoms with Gasteiger partial charge < -0.3 is 4.98 Å². The number of fused-ring (bicyclic) bond motifs is 1. The molecule has 108 valence electrons. The number of aromatic amines is 1. The number of para-hydroxylation sites is 2. The Morgan fingerprint density at radius 2 is 1.95 bits per heavy atom. The van der Waals surface area contributed by atoms with Crippen LogP contribution in [-0.4, -0.2) is 15.8 Å². The molecule has 0 bridgehead atoms. The number of Topliss-reactive ketones (excluding diaryl/α,β-unsaturated/α-hetero) is 1. The number of nitrogens with one attached hydrogen (secondary N) is 1. The Bertz CT molecular complexity index is 878. The third-order valence-electron chi connectivity index (χ3n) is 3.28. The van der Waals surface area contributed by atoms with E-state index in [2.05, 4.69) is 9.97 Å². The van der Waals surface area contributed by atoms with Gasteiger partial charge in [0.05, 0.1) is 17.1 Å². The van der Waals surface area contributed by atoms with Crippen LogP contribution in [0.5, 0.6) is 0 Å². The molecule has 4 nitrogen and oxygen atoms in total. The maximum absolute atomic E-state index is 13.2. The molecule has 3 rings (SSSR count). The van der Waals surface area contributed by atoms with Crippen molar-refractivity contribution in [1.82, 2.24) is 9.97 Å². The lowest BCUT2D eigenvalue weighted by molar-refractivity contribution is 0.0976. The summed E-state index contributed by atoms with van der Waals surface area (Å²) in [7, 11) is 0. The minimum Gasteiger partial charge on any atom is -0.340 e. The maximum atomic E-state index is 13.2. The van der Waals surface area contributed by atoms with Crippen LogP contribution in [0.2, 0.25) is 0 Å². The summed E-state index contributed by atoms with van der Waals surface area (Å²) in [5.41, 5.74) is 1.23. The fraction of sp³-hybridized carbons (Fsp3) is 0.0625. The second-order valence-corrected chi connectivity index (χ2v) is 4.69. The summed E-state index contributed by atoms with van der Waals surface area (Å²) in [6, 6.07) is 11.7. The molecule has 0 saturated carbocycles. The van der Waals surface area contributed by atoms with Gasteiger partial charge in [0, 0.05) is 5.56 Å². The Kier molecular flexibility index (Phi) is 3.39. The summed E-state index contributed by atoms with van der Waals surface area (Å²) < 4.78 is 26.2. The van der Waals surface area contributed by atoms with Crippen molar-refractivity contribution in [1.29, 1.82) is 5.26 Å². The zero-order valence-corrected chi connectivity index (χ0v) is 11.2. The van der Waals surface area contributed by atoms with Gasteiger partial charge in [-0.05, 0) is 30.3 Å². The summed E-state index contributed by atoms with van der Waals surface area (Å²) in [4.78, 5) is 19.4. The summed E-state index contributed by atoms with van der Waals surface area (Å²) in [5.74, 6) is -3.85. The zero-order valence-electron chi connectivity index (χ0n) is 11.2. The summed E-state index contributed by atoms with van der Waals surface area (Å²) in [6.45, 7) is 0. The van der Waals surface area contributed by atoms with Gasteiger partial charge in [-0.25, -0.2) is 13.8 Å². The number of hydrogen-bond acceptors (Lipinski definition) is 3. The van der Waals surface area contributed by atoms with Crippen molar-refractivity contribution >= 4 is 16.8 Å². The molecule has 0 saturated heterocycles. The SMILES string of the molecule is N#C[C@H](C(=O)c1ccc(F)c(F)c1)c1nc2ccccc2[nH]1. The van der Waals surface area contributed by atoms with E-state index >= 15 is 0 Å². The highest BCUT2D eigenvalue weighted by Crippen LogP contribution is 2.22. The molecule has 1 aromatic heterocycles. The lowest BCUT2D eigenvalue weighted by Crippen LogP contribution is -2.13. The molecule has 3 aromatic rings. The first-order chi connectivity index (χ1) is 10.6. The number of nitrogens with zero attached hydrogens (tertiary/aromatic N) is 2. The summed E-state index contributed by atoms with van der Waals surface area (Å²) in [5, 5.41) is 9.26. The first-order valence-corrected chi connectivity index (χ1v) is 6.43. The van der Waals surface area contributed by atoms with Crippen LogP contribution >= 0.6 is 0 Å². The Labute approximate surface area is 124 Å². The molecule has 0 spiro atoms. The Morgan fingerprint density at radius 1 is 1.18 bits per heavy atom. The molecule has 1 heterocycles. The van der Waals surface area contributed by atoms with Crippen molar-refractivity contribution in [2.45, 2.75) is 5.92 Å². The van der Waals surface area contributed by atoms with Gasteiger partial charge >= 0.3 is 0 Å². The molecular weight excluding hydrogens is 288 g/mol. The van der Waals surface area contributed by atoms with E-state index in [1.54, 1.807) is 24.3 Å². The second kappa shape index (κ2) is 5.37. The quantitative estimate of drug-likeness (QED) is 0.754. The van der Waals surface area contributed by atoms with E-state index in [-0.39, 0.29) is 11.4 Å². The summed E-state index contributed by atoms with van der Waals surface area (Å²) in [6.07, 6.45) is 0. The number of rotatable bonds is 3. The number of hydrogen-bond donors (Lipinski definition) is 1. The lowest BCUT2D eigenvalue weighted by atomic mass is 9.98. The first kappa shape index (κ1) is 13.9. The van der Waals surface area contributed by atoms with Crippen LogP contribution in [0.25, 0.3) is 11.0 Å². The molecule has 0 fully saturated rings. The number of nitriles is 1. The summed E-state index contributed by atoms with van der Waals surface area (Å²) >= 11 is 0. The van der Waals surface area contributed by atoms with Gasteiger partial charge in [-0.1, -0.05) is 12.1 Å². The number of carbonyl (C=O) groups excluding carboxylic acids is 1. The van der Waals surface area contributed by atoms with Gasteiger partial charge in [0.1, 0.15) is 5.82 Å². The van der Waals surface area contributed by atoms with Gasteiger partial charge in [-0.2, -0.15) is 5.26 Å². The molecule has 6 heteroatoms. The lowest BCUT2D eigenvalue weighted by Gasteiger charge is -2.05. The Balaban J connectivity index is 2.01. The standard InChI is InChI=1S/C16H9F2N3O/c17-11-6-5-9(7-12(11)18)15(22)10(8-19)16-20-13-3-1-2-4-14(13)21-16/h1-7,10H,(H,20,21)/t10-/m1/s1. The van der Waals surface area contributed by atoms with Crippen LogP contribution in [-0.2, 0) is 0 Å². The normalized spacial score (nSPS) is 12.0. The largest absolute Gasteiger partial charge is 0.340 e. The van der Waals surface area contributed by atoms with Crippen LogP contribution in [0.3, 0.4) is 0 Å². The van der Waals surface area contributed by atoms with E-state index in [9.17, 15) is 18.8 Å². The van der Waals surface area contributed by atoms with Crippen LogP contribution in [0.1, 0.15) is 22.1 Å². The monoisotopic (exact) mass is 297 g/mol. The van der Waals surface area contributed by atoms with Crippen molar-refractivity contribution in [3.8, 4) is 6.07 Å². The maximum Gasteiger partial charge on any atom is 0.187 e. The Hall–Kier alpha value is -3.07. The van der Waals surface area contributed by atoms with Crippen LogP contribution in [0, 0.1) is 23.0 Å². The fourth-order valence-electron chi connectivity index (χ4n) is 2.17. The topological polar surface area (TPSA) is 69.5 Å². The van der Waals surface area contributed by atoms with Gasteiger partial charge in [-0.15, -0.1) is 0 Å². The number of halogens is 2. The molecule has 22 heavy (non-hydrogen) atoms.